The fourth-order valence-electron chi connectivity index (χ4n) is 4.42. The predicted molar refractivity (Wildman–Crippen MR) is 117 cm³/mol. The molecule has 0 spiro atoms. The van der Waals surface area contributed by atoms with Crippen molar-refractivity contribution < 1.29 is 4.79 Å². The predicted octanol–water partition coefficient (Wildman–Crippen LogP) is 3.56. The Labute approximate surface area is 175 Å². The number of hydrogen-bond donors (Lipinski definition) is 1. The summed E-state index contributed by atoms with van der Waals surface area (Å²) in [6.45, 7) is 11.0. The summed E-state index contributed by atoms with van der Waals surface area (Å²) in [6, 6.07) is 5.98. The molecule has 0 radical (unpaired) electrons. The lowest BCUT2D eigenvalue weighted by atomic mass is 9.92. The maximum atomic E-state index is 12.9. The second-order valence-corrected chi connectivity index (χ2v) is 9.42. The van der Waals surface area contributed by atoms with Gasteiger partial charge in [-0.1, -0.05) is 19.9 Å². The first kappa shape index (κ1) is 20.0. The van der Waals surface area contributed by atoms with Crippen LogP contribution in [0.25, 0.3) is 11.0 Å². The Morgan fingerprint density at radius 3 is 2.83 bits per heavy atom. The zero-order valence-electron chi connectivity index (χ0n) is 17.4. The van der Waals surface area contributed by atoms with Gasteiger partial charge in [-0.05, 0) is 42.7 Å². The standard InChI is InChI=1S/C22H29N5OS/c1-15-9-16(2)13-26(12-15)7-6-23-22(28)19-10-17(3)25-21-20(19)11-24-27(21)14-18-5-4-8-29-18/h4-5,8,10-11,15-16H,6-7,9,12-14H2,1-3H3,(H,23,28). The van der Waals surface area contributed by atoms with E-state index in [-0.39, 0.29) is 5.91 Å². The van der Waals surface area contributed by atoms with Crippen LogP contribution >= 0.6 is 11.3 Å². The van der Waals surface area contributed by atoms with Crippen molar-refractivity contribution in [1.29, 1.82) is 0 Å². The molecular formula is C22H29N5OS. The number of likely N-dealkylation sites (tertiary alicyclic amines) is 1. The maximum Gasteiger partial charge on any atom is 0.252 e. The number of nitrogens with zero attached hydrogens (tertiary/aromatic N) is 4. The zero-order valence-corrected chi connectivity index (χ0v) is 18.2. The molecule has 2 unspecified atom stereocenters. The van der Waals surface area contributed by atoms with Crippen LogP contribution in [0.15, 0.2) is 29.8 Å². The van der Waals surface area contributed by atoms with Crippen LogP contribution in [0.4, 0.5) is 0 Å². The van der Waals surface area contributed by atoms with Gasteiger partial charge in [-0.25, -0.2) is 9.67 Å². The second kappa shape index (κ2) is 8.63. The number of aryl methyl sites for hydroxylation is 1. The summed E-state index contributed by atoms with van der Waals surface area (Å²) >= 11 is 1.70. The SMILES string of the molecule is Cc1cc(C(=O)NCCN2CC(C)CC(C)C2)c2cnn(Cc3cccs3)c2n1. The van der Waals surface area contributed by atoms with Crippen LogP contribution in [0.1, 0.15) is 41.2 Å². The molecule has 1 amide bonds. The Bertz CT molecular complexity index is 971. The molecule has 3 aromatic heterocycles. The molecule has 29 heavy (non-hydrogen) atoms. The monoisotopic (exact) mass is 411 g/mol. The van der Waals surface area contributed by atoms with E-state index in [0.29, 0.717) is 18.7 Å². The number of pyridine rings is 1. The number of thiophene rings is 1. The molecule has 0 aliphatic carbocycles. The highest BCUT2D eigenvalue weighted by Crippen LogP contribution is 2.21. The fraction of sp³-hybridized carbons (Fsp3) is 0.500. The molecule has 0 saturated carbocycles. The number of carbonyl (C=O) groups excluding carboxylic acids is 1. The van der Waals surface area contributed by atoms with Crippen molar-refractivity contribution >= 4 is 28.3 Å². The summed E-state index contributed by atoms with van der Waals surface area (Å²) in [5, 5.41) is 10.5. The molecule has 4 rings (SSSR count). The minimum atomic E-state index is -0.0470. The van der Waals surface area contributed by atoms with Crippen LogP contribution in [0.3, 0.4) is 0 Å². The average Bonchev–Trinajstić information content (AvgIpc) is 3.31. The van der Waals surface area contributed by atoms with Gasteiger partial charge in [0.15, 0.2) is 5.65 Å². The van der Waals surface area contributed by atoms with Gasteiger partial charge in [0.1, 0.15) is 0 Å². The van der Waals surface area contributed by atoms with Crippen LogP contribution in [0.5, 0.6) is 0 Å². The third-order valence-electron chi connectivity index (χ3n) is 5.53. The van der Waals surface area contributed by atoms with Gasteiger partial charge < -0.3 is 10.2 Å². The van der Waals surface area contributed by atoms with Crippen molar-refractivity contribution in [3.8, 4) is 0 Å². The van der Waals surface area contributed by atoms with Crippen molar-refractivity contribution in [2.45, 2.75) is 33.7 Å². The molecule has 0 bridgehead atoms. The average molecular weight is 412 g/mol. The zero-order chi connectivity index (χ0) is 20.4. The Morgan fingerprint density at radius 1 is 1.31 bits per heavy atom. The van der Waals surface area contributed by atoms with E-state index in [1.54, 1.807) is 17.5 Å². The van der Waals surface area contributed by atoms with E-state index in [4.69, 9.17) is 0 Å². The number of piperidine rings is 1. The minimum absolute atomic E-state index is 0.0470. The summed E-state index contributed by atoms with van der Waals surface area (Å²) in [5.41, 5.74) is 2.25. The third kappa shape index (κ3) is 4.67. The van der Waals surface area contributed by atoms with E-state index in [2.05, 4.69) is 45.6 Å². The Balaban J connectivity index is 1.45. The van der Waals surface area contributed by atoms with E-state index in [1.807, 2.05) is 23.7 Å². The van der Waals surface area contributed by atoms with Gasteiger partial charge in [0.2, 0.25) is 0 Å². The summed E-state index contributed by atoms with van der Waals surface area (Å²) < 4.78 is 1.88. The number of carbonyl (C=O) groups is 1. The highest BCUT2D eigenvalue weighted by atomic mass is 32.1. The Kier molecular flexibility index (Phi) is 5.96. The first-order valence-corrected chi connectivity index (χ1v) is 11.2. The van der Waals surface area contributed by atoms with Gasteiger partial charge in [0.25, 0.3) is 5.91 Å². The number of hydrogen-bond acceptors (Lipinski definition) is 5. The molecule has 154 valence electrons. The molecule has 1 N–H and O–H groups in total. The van der Waals surface area contributed by atoms with Gasteiger partial charge in [-0.2, -0.15) is 5.10 Å². The third-order valence-corrected chi connectivity index (χ3v) is 6.39. The maximum absolute atomic E-state index is 12.9. The lowest BCUT2D eigenvalue weighted by Crippen LogP contribution is -2.42. The van der Waals surface area contributed by atoms with Crippen LogP contribution in [0.2, 0.25) is 0 Å². The lowest BCUT2D eigenvalue weighted by Gasteiger charge is -2.34. The molecule has 1 fully saturated rings. The summed E-state index contributed by atoms with van der Waals surface area (Å²) in [5.74, 6) is 1.41. The largest absolute Gasteiger partial charge is 0.351 e. The molecule has 1 saturated heterocycles. The number of fused-ring (bicyclic) bond motifs is 1. The number of aromatic nitrogens is 3. The molecular weight excluding hydrogens is 382 g/mol. The van der Waals surface area contributed by atoms with Crippen molar-refractivity contribution in [2.75, 3.05) is 26.2 Å². The van der Waals surface area contributed by atoms with Crippen LogP contribution in [-0.2, 0) is 6.54 Å². The highest BCUT2D eigenvalue weighted by molar-refractivity contribution is 7.09. The fourth-order valence-corrected chi connectivity index (χ4v) is 5.11. The molecule has 6 nitrogen and oxygen atoms in total. The van der Waals surface area contributed by atoms with Crippen molar-refractivity contribution in [3.05, 3.63) is 45.9 Å². The van der Waals surface area contributed by atoms with Crippen LogP contribution < -0.4 is 5.32 Å². The molecule has 0 aromatic carbocycles. The van der Waals surface area contributed by atoms with Crippen molar-refractivity contribution in [2.24, 2.45) is 11.8 Å². The van der Waals surface area contributed by atoms with Crippen molar-refractivity contribution in [1.82, 2.24) is 25.0 Å². The molecule has 1 aliphatic rings. The van der Waals surface area contributed by atoms with Gasteiger partial charge in [-0.3, -0.25) is 4.79 Å². The molecule has 4 heterocycles. The van der Waals surface area contributed by atoms with E-state index < -0.39 is 0 Å². The number of nitrogens with one attached hydrogen (secondary N) is 1. The van der Waals surface area contributed by atoms with Gasteiger partial charge >= 0.3 is 0 Å². The van der Waals surface area contributed by atoms with Gasteiger partial charge in [0, 0.05) is 36.8 Å². The quantitative estimate of drug-likeness (QED) is 0.674. The van der Waals surface area contributed by atoms with Gasteiger partial charge in [0.05, 0.1) is 23.7 Å². The molecule has 3 aromatic rings. The first-order chi connectivity index (χ1) is 14.0. The van der Waals surface area contributed by atoms with E-state index in [1.165, 1.54) is 11.3 Å². The smallest absolute Gasteiger partial charge is 0.252 e. The van der Waals surface area contributed by atoms with Crippen LogP contribution in [0, 0.1) is 18.8 Å². The topological polar surface area (TPSA) is 63.1 Å². The highest BCUT2D eigenvalue weighted by Gasteiger charge is 2.22. The van der Waals surface area contributed by atoms with Crippen LogP contribution in [-0.4, -0.2) is 51.8 Å². The van der Waals surface area contributed by atoms with Gasteiger partial charge in [-0.15, -0.1) is 11.3 Å². The summed E-state index contributed by atoms with van der Waals surface area (Å²) in [7, 11) is 0. The molecule has 2 atom stereocenters. The Morgan fingerprint density at radius 2 is 2.10 bits per heavy atom. The van der Waals surface area contributed by atoms with E-state index in [9.17, 15) is 4.79 Å². The molecule has 7 heteroatoms. The lowest BCUT2D eigenvalue weighted by molar-refractivity contribution is 0.0938. The number of amides is 1. The van der Waals surface area contributed by atoms with Crippen molar-refractivity contribution in [3.63, 3.8) is 0 Å². The number of rotatable bonds is 6. The summed E-state index contributed by atoms with van der Waals surface area (Å²) in [4.78, 5) is 21.2. The van der Waals surface area contributed by atoms with E-state index in [0.717, 1.165) is 48.2 Å². The molecule has 1 aliphatic heterocycles. The Hall–Kier alpha value is -2.25. The van der Waals surface area contributed by atoms with E-state index >= 15 is 0 Å². The minimum Gasteiger partial charge on any atom is -0.351 e. The normalized spacial score (nSPS) is 20.2. The first-order valence-electron chi connectivity index (χ1n) is 10.4. The summed E-state index contributed by atoms with van der Waals surface area (Å²) in [6.07, 6.45) is 3.06. The second-order valence-electron chi connectivity index (χ2n) is 8.39.